The molecule has 1 saturated heterocycles. The van der Waals surface area contributed by atoms with Crippen molar-refractivity contribution in [2.75, 3.05) is 32.8 Å². The number of rotatable bonds is 23. The van der Waals surface area contributed by atoms with Crippen LogP contribution in [-0.2, 0) is 62.5 Å². The number of aromatic nitrogens is 4. The number of likely N-dealkylation sites (tertiary alicyclic amines) is 1. The van der Waals surface area contributed by atoms with Gasteiger partial charge in [-0.05, 0) is 32.3 Å². The van der Waals surface area contributed by atoms with Crippen molar-refractivity contribution in [3.05, 3.63) is 72.3 Å². The molecule has 0 radical (unpaired) electrons. The van der Waals surface area contributed by atoms with Crippen molar-refractivity contribution < 1.29 is 58.1 Å². The van der Waals surface area contributed by atoms with Gasteiger partial charge < -0.3 is 72.8 Å². The number of nitrogens with two attached hydrogens (primary N) is 1. The van der Waals surface area contributed by atoms with Gasteiger partial charge in [0.05, 0.1) is 39.0 Å². The van der Waals surface area contributed by atoms with Gasteiger partial charge in [0.2, 0.25) is 47.3 Å². The lowest BCUT2D eigenvalue weighted by Gasteiger charge is -2.32. The van der Waals surface area contributed by atoms with Gasteiger partial charge in [-0.1, -0.05) is 30.3 Å². The number of imidazole rings is 2. The van der Waals surface area contributed by atoms with E-state index in [-0.39, 0.29) is 32.4 Å². The highest BCUT2D eigenvalue weighted by Gasteiger charge is 2.41. The van der Waals surface area contributed by atoms with E-state index in [2.05, 4.69) is 57.2 Å². The second-order valence-electron chi connectivity index (χ2n) is 15.1. The number of hydrogen-bond acceptors (Lipinski definition) is 14. The molecule has 0 saturated carbocycles. The largest absolute Gasteiger partial charge is 0.445 e. The van der Waals surface area contributed by atoms with E-state index < -0.39 is 115 Å². The molecule has 5 atom stereocenters. The molecule has 1 aromatic carbocycles. The maximum absolute atomic E-state index is 13.7. The predicted octanol–water partition coefficient (Wildman–Crippen LogP) is -4.74. The van der Waals surface area contributed by atoms with Gasteiger partial charge in [-0.25, -0.2) is 14.8 Å². The number of carbonyl (C=O) groups excluding carboxylic acids is 9. The quantitative estimate of drug-likeness (QED) is 0.0426. The number of ether oxygens (including phenoxy) is 1. The number of alkyl carbamates (subject to hydrolysis) is 1. The summed E-state index contributed by atoms with van der Waals surface area (Å²) in [5.74, 6) is -6.64. The summed E-state index contributed by atoms with van der Waals surface area (Å²) in [7, 11) is 0. The number of aromatic amines is 2. The molecule has 1 fully saturated rings. The Balaban J connectivity index is 1.29. The van der Waals surface area contributed by atoms with E-state index in [9.17, 15) is 53.4 Å². The molecule has 3 aromatic rings. The van der Waals surface area contributed by atoms with E-state index in [1.165, 1.54) is 38.9 Å². The number of aliphatic hydroxyl groups excluding tert-OH is 2. The highest BCUT2D eigenvalue weighted by molar-refractivity contribution is 5.98. The van der Waals surface area contributed by atoms with E-state index >= 15 is 0 Å². The Kier molecular flexibility index (Phi) is 18.2. The van der Waals surface area contributed by atoms with Crippen LogP contribution in [0.15, 0.2) is 55.4 Å². The van der Waals surface area contributed by atoms with Crippen LogP contribution < -0.4 is 43.0 Å². The Morgan fingerprint density at radius 1 is 0.797 bits per heavy atom. The van der Waals surface area contributed by atoms with Crippen LogP contribution in [0, 0.1) is 0 Å². The summed E-state index contributed by atoms with van der Waals surface area (Å²) in [4.78, 5) is 131. The normalized spacial score (nSPS) is 15.3. The third kappa shape index (κ3) is 14.9. The molecule has 0 bridgehead atoms. The molecule has 25 heteroatoms. The number of carbonyl (C=O) groups is 9. The first-order chi connectivity index (χ1) is 30.5. The Bertz CT molecular complexity index is 2080. The van der Waals surface area contributed by atoms with Gasteiger partial charge in [0.15, 0.2) is 0 Å². The van der Waals surface area contributed by atoms with Gasteiger partial charge in [0, 0.05) is 43.2 Å². The highest BCUT2D eigenvalue weighted by Crippen LogP contribution is 2.20. The maximum atomic E-state index is 13.7. The lowest BCUT2D eigenvalue weighted by molar-refractivity contribution is -0.143. The molecule has 0 unspecified atom stereocenters. The van der Waals surface area contributed by atoms with Crippen molar-refractivity contribution in [3.63, 3.8) is 0 Å². The molecule has 1 aliphatic heterocycles. The summed E-state index contributed by atoms with van der Waals surface area (Å²) in [5, 5.41) is 36.4. The smallest absolute Gasteiger partial charge is 0.408 e. The SMILES string of the molecule is CC(C)(NC(=O)[C@H]1CCCN1C(=O)[C@H](CO)NC(=O)CNC(=O)[C@H](CO)NC(=O)OCc1ccccc1)C(=O)N[C@@H](Cc1cnc[nH]1)C(=O)NCC(=O)N[C@@H](Cc1cnc[nH]1)C(N)=O. The Labute approximate surface area is 365 Å². The number of hydrogen-bond donors (Lipinski definition) is 12. The number of H-pyrrole nitrogens is 2. The van der Waals surface area contributed by atoms with Gasteiger partial charge in [-0.2, -0.15) is 0 Å². The van der Waals surface area contributed by atoms with Gasteiger partial charge in [0.1, 0.15) is 42.4 Å². The molecule has 1 aliphatic rings. The Morgan fingerprint density at radius 2 is 1.36 bits per heavy atom. The summed E-state index contributed by atoms with van der Waals surface area (Å²) < 4.78 is 5.04. The van der Waals surface area contributed by atoms with Crippen LogP contribution in [0.1, 0.15) is 43.6 Å². The van der Waals surface area contributed by atoms with E-state index in [1.54, 1.807) is 30.3 Å². The molecule has 3 heterocycles. The zero-order valence-electron chi connectivity index (χ0n) is 35.0. The van der Waals surface area contributed by atoms with Crippen molar-refractivity contribution in [2.45, 2.75) is 81.9 Å². The van der Waals surface area contributed by atoms with Crippen LogP contribution in [-0.4, -0.2) is 157 Å². The molecule has 0 spiro atoms. The van der Waals surface area contributed by atoms with E-state index in [0.717, 1.165) is 4.90 Å². The van der Waals surface area contributed by atoms with Crippen molar-refractivity contribution in [2.24, 2.45) is 5.73 Å². The van der Waals surface area contributed by atoms with Crippen molar-refractivity contribution in [1.29, 1.82) is 0 Å². The van der Waals surface area contributed by atoms with Crippen LogP contribution in [0.2, 0.25) is 0 Å². The Morgan fingerprint density at radius 3 is 1.91 bits per heavy atom. The second kappa shape index (κ2) is 23.7. The van der Waals surface area contributed by atoms with Gasteiger partial charge in [0.25, 0.3) is 0 Å². The molecular weight excluding hydrogens is 843 g/mol. The van der Waals surface area contributed by atoms with E-state index in [0.29, 0.717) is 23.4 Å². The van der Waals surface area contributed by atoms with Crippen molar-refractivity contribution >= 4 is 53.4 Å². The first-order valence-electron chi connectivity index (χ1n) is 20.0. The number of nitrogens with zero attached hydrogens (tertiary/aromatic N) is 3. The molecule has 2 aromatic heterocycles. The summed E-state index contributed by atoms with van der Waals surface area (Å²) >= 11 is 0. The number of primary amides is 1. The third-order valence-electron chi connectivity index (χ3n) is 9.77. The van der Waals surface area contributed by atoms with Crippen LogP contribution >= 0.6 is 0 Å². The van der Waals surface area contributed by atoms with E-state index in [4.69, 9.17) is 10.5 Å². The number of amides is 9. The van der Waals surface area contributed by atoms with Crippen LogP contribution in [0.5, 0.6) is 0 Å². The molecule has 0 aliphatic carbocycles. The molecular formula is C39H53N13O12. The first-order valence-corrected chi connectivity index (χ1v) is 20.0. The molecule has 13 N–H and O–H groups in total. The standard InChI is InChI=1S/C39H53N13O12/c1-39(2,37(62)49-26(12-24-14-42-21-46-24)33(58)43-15-30(55)47-25(32(40)57)11-23-13-41-20-45-23)51-35(60)29-9-6-10-52(29)36(61)28(18-54)48-31(56)16-44-34(59)27(17-53)50-38(63)64-19-22-7-4-3-5-8-22/h3-5,7-8,13-14,20-21,25-29,53-54H,6,9-12,15-19H2,1-2H3,(H2,40,57)(H,41,45)(H,42,46)(H,43,58)(H,44,59)(H,47,55)(H,48,56)(H,49,62)(H,50,63)(H,51,60)/t25-,26-,27-,28-,29+/m0/s1. The average molecular weight is 896 g/mol. The minimum Gasteiger partial charge on any atom is -0.445 e. The molecule has 64 heavy (non-hydrogen) atoms. The number of aliphatic hydroxyl groups is 2. The zero-order valence-corrected chi connectivity index (χ0v) is 35.0. The second-order valence-corrected chi connectivity index (χ2v) is 15.1. The number of nitrogens with one attached hydrogen (secondary N) is 9. The Hall–Kier alpha value is -7.41. The average Bonchev–Trinajstić information content (AvgIpc) is 4.09. The summed E-state index contributed by atoms with van der Waals surface area (Å²) in [6.07, 6.45) is 5.04. The van der Waals surface area contributed by atoms with E-state index in [1.807, 2.05) is 0 Å². The zero-order chi connectivity index (χ0) is 46.8. The van der Waals surface area contributed by atoms with Gasteiger partial charge in [-0.3, -0.25) is 38.4 Å². The number of benzene rings is 1. The lowest BCUT2D eigenvalue weighted by Crippen LogP contribution is -2.62. The van der Waals surface area contributed by atoms with Crippen molar-refractivity contribution in [3.8, 4) is 0 Å². The van der Waals surface area contributed by atoms with Gasteiger partial charge in [-0.15, -0.1) is 0 Å². The van der Waals surface area contributed by atoms with Crippen LogP contribution in [0.4, 0.5) is 4.79 Å². The van der Waals surface area contributed by atoms with Crippen molar-refractivity contribution in [1.82, 2.24) is 62.1 Å². The lowest BCUT2D eigenvalue weighted by atomic mass is 10.0. The highest BCUT2D eigenvalue weighted by atomic mass is 16.5. The molecule has 25 nitrogen and oxygen atoms in total. The fourth-order valence-electron chi connectivity index (χ4n) is 6.31. The third-order valence-corrected chi connectivity index (χ3v) is 9.77. The fourth-order valence-corrected chi connectivity index (χ4v) is 6.31. The first kappa shape index (κ1) is 49.2. The van der Waals surface area contributed by atoms with Gasteiger partial charge >= 0.3 is 6.09 Å². The van der Waals surface area contributed by atoms with Crippen LogP contribution in [0.3, 0.4) is 0 Å². The minimum absolute atomic E-state index is 0.0192. The maximum Gasteiger partial charge on any atom is 0.408 e. The molecule has 9 amide bonds. The predicted molar refractivity (Wildman–Crippen MR) is 220 cm³/mol. The summed E-state index contributed by atoms with van der Waals surface area (Å²) in [5.41, 5.74) is 5.39. The fraction of sp³-hybridized carbons (Fsp3) is 0.462. The topological polar surface area (TPSA) is 374 Å². The summed E-state index contributed by atoms with van der Waals surface area (Å²) in [6.45, 7) is -0.357. The molecule has 346 valence electrons. The monoisotopic (exact) mass is 895 g/mol. The molecule has 4 rings (SSSR count). The van der Waals surface area contributed by atoms with Crippen LogP contribution in [0.25, 0.3) is 0 Å². The summed E-state index contributed by atoms with van der Waals surface area (Å²) in [6, 6.07) is 2.10. The minimum atomic E-state index is -1.69.